The maximum Gasteiger partial charge on any atom is 0.251 e. The zero-order valence-corrected chi connectivity index (χ0v) is 14.3. The monoisotopic (exact) mass is 356 g/mol. The van der Waals surface area contributed by atoms with E-state index >= 15 is 0 Å². The minimum atomic E-state index is -0.353. The van der Waals surface area contributed by atoms with Crippen molar-refractivity contribution in [3.8, 4) is 0 Å². The molecular formula is C19H17ClN2O3. The fourth-order valence-electron chi connectivity index (χ4n) is 2.47. The highest BCUT2D eigenvalue weighted by Gasteiger charge is 2.15. The van der Waals surface area contributed by atoms with Gasteiger partial charge in [0, 0.05) is 16.0 Å². The number of hydrogen-bond donors (Lipinski definition) is 2. The van der Waals surface area contributed by atoms with Gasteiger partial charge >= 0.3 is 0 Å². The van der Waals surface area contributed by atoms with Crippen molar-refractivity contribution in [3.05, 3.63) is 70.9 Å². The molecule has 0 aliphatic rings. The standard InChI is InChI=1S/C19H17ClN2O3/c1-12(17-10-13-5-2-3-8-16(13)25-17)22-18(23)11-21-19(24)14-6-4-7-15(20)9-14/h2-10,12H,11H2,1H3,(H,21,24)(H,22,23). The van der Waals surface area contributed by atoms with Gasteiger partial charge in [-0.05, 0) is 37.3 Å². The first-order chi connectivity index (χ1) is 12.0. The number of halogens is 1. The Labute approximate surface area is 150 Å². The molecular weight excluding hydrogens is 340 g/mol. The van der Waals surface area contributed by atoms with Crippen LogP contribution in [0.3, 0.4) is 0 Å². The molecule has 0 saturated heterocycles. The Morgan fingerprint density at radius 3 is 2.68 bits per heavy atom. The van der Waals surface area contributed by atoms with Gasteiger partial charge in [0.15, 0.2) is 0 Å². The van der Waals surface area contributed by atoms with E-state index in [1.807, 2.05) is 37.3 Å². The molecule has 1 unspecified atom stereocenters. The van der Waals surface area contributed by atoms with Crippen LogP contribution in [0, 0.1) is 0 Å². The Hall–Kier alpha value is -2.79. The third-order valence-corrected chi connectivity index (χ3v) is 3.98. The van der Waals surface area contributed by atoms with E-state index in [0.29, 0.717) is 16.3 Å². The summed E-state index contributed by atoms with van der Waals surface area (Å²) in [6.45, 7) is 1.70. The largest absolute Gasteiger partial charge is 0.459 e. The number of nitrogens with one attached hydrogen (secondary N) is 2. The van der Waals surface area contributed by atoms with Crippen molar-refractivity contribution in [2.45, 2.75) is 13.0 Å². The summed E-state index contributed by atoms with van der Waals surface area (Å²) in [5.41, 5.74) is 1.18. The van der Waals surface area contributed by atoms with Gasteiger partial charge in [0.25, 0.3) is 5.91 Å². The molecule has 0 bridgehead atoms. The molecule has 2 aromatic carbocycles. The number of carbonyl (C=O) groups is 2. The lowest BCUT2D eigenvalue weighted by Gasteiger charge is -2.12. The summed E-state index contributed by atoms with van der Waals surface area (Å²) in [7, 11) is 0. The van der Waals surface area contributed by atoms with Crippen molar-refractivity contribution in [1.29, 1.82) is 0 Å². The molecule has 2 amide bonds. The normalized spacial score (nSPS) is 11.9. The topological polar surface area (TPSA) is 71.3 Å². The molecule has 3 rings (SSSR count). The molecule has 0 aliphatic heterocycles. The fourth-order valence-corrected chi connectivity index (χ4v) is 2.66. The molecule has 0 spiro atoms. The minimum absolute atomic E-state index is 0.129. The highest BCUT2D eigenvalue weighted by atomic mass is 35.5. The maximum atomic E-state index is 12.1. The molecule has 0 saturated carbocycles. The quantitative estimate of drug-likeness (QED) is 0.732. The number of benzene rings is 2. The first-order valence-electron chi connectivity index (χ1n) is 7.84. The summed E-state index contributed by atoms with van der Waals surface area (Å²) < 4.78 is 5.72. The van der Waals surface area contributed by atoms with Crippen LogP contribution in [-0.4, -0.2) is 18.4 Å². The van der Waals surface area contributed by atoms with Gasteiger partial charge < -0.3 is 15.1 Å². The lowest BCUT2D eigenvalue weighted by molar-refractivity contribution is -0.120. The zero-order valence-electron chi connectivity index (χ0n) is 13.6. The second-order valence-corrected chi connectivity index (χ2v) is 6.11. The Morgan fingerprint density at radius 2 is 1.92 bits per heavy atom. The number of para-hydroxylation sites is 1. The predicted molar refractivity (Wildman–Crippen MR) is 96.6 cm³/mol. The summed E-state index contributed by atoms with van der Waals surface area (Å²) >= 11 is 5.85. The van der Waals surface area contributed by atoms with Crippen molar-refractivity contribution < 1.29 is 14.0 Å². The lowest BCUT2D eigenvalue weighted by Crippen LogP contribution is -2.37. The van der Waals surface area contributed by atoms with Crippen LogP contribution in [0.2, 0.25) is 5.02 Å². The van der Waals surface area contributed by atoms with Crippen molar-refractivity contribution in [2.75, 3.05) is 6.54 Å². The van der Waals surface area contributed by atoms with Crippen LogP contribution >= 0.6 is 11.6 Å². The molecule has 0 radical (unpaired) electrons. The first-order valence-corrected chi connectivity index (χ1v) is 8.22. The Bertz CT molecular complexity index is 887. The van der Waals surface area contributed by atoms with E-state index in [1.165, 1.54) is 0 Å². The van der Waals surface area contributed by atoms with Crippen LogP contribution in [-0.2, 0) is 4.79 Å². The molecule has 5 nitrogen and oxygen atoms in total. The lowest BCUT2D eigenvalue weighted by atomic mass is 10.2. The number of carbonyl (C=O) groups excluding carboxylic acids is 2. The zero-order chi connectivity index (χ0) is 17.8. The smallest absolute Gasteiger partial charge is 0.251 e. The average Bonchev–Trinajstić information content (AvgIpc) is 3.04. The van der Waals surface area contributed by atoms with Gasteiger partial charge in [-0.2, -0.15) is 0 Å². The van der Waals surface area contributed by atoms with E-state index in [1.54, 1.807) is 24.3 Å². The highest BCUT2D eigenvalue weighted by Crippen LogP contribution is 2.23. The Balaban J connectivity index is 1.55. The summed E-state index contributed by atoms with van der Waals surface area (Å²) in [5, 5.41) is 6.82. The molecule has 128 valence electrons. The molecule has 3 aromatic rings. The highest BCUT2D eigenvalue weighted by molar-refractivity contribution is 6.30. The van der Waals surface area contributed by atoms with E-state index in [9.17, 15) is 9.59 Å². The SMILES string of the molecule is CC(NC(=O)CNC(=O)c1cccc(Cl)c1)c1cc2ccccc2o1. The van der Waals surface area contributed by atoms with Gasteiger partial charge in [-0.25, -0.2) is 0 Å². The fraction of sp³-hybridized carbons (Fsp3) is 0.158. The van der Waals surface area contributed by atoms with Gasteiger partial charge in [0.2, 0.25) is 5.91 Å². The first kappa shape index (κ1) is 17.0. The Morgan fingerprint density at radius 1 is 1.12 bits per heavy atom. The van der Waals surface area contributed by atoms with Crippen molar-refractivity contribution in [3.63, 3.8) is 0 Å². The number of fused-ring (bicyclic) bond motifs is 1. The van der Waals surface area contributed by atoms with E-state index in [4.69, 9.17) is 16.0 Å². The third kappa shape index (κ3) is 4.19. The maximum absolute atomic E-state index is 12.1. The molecule has 0 aliphatic carbocycles. The summed E-state index contributed by atoms with van der Waals surface area (Å²) in [6.07, 6.45) is 0. The van der Waals surface area contributed by atoms with Gasteiger partial charge in [0.05, 0.1) is 12.6 Å². The van der Waals surface area contributed by atoms with E-state index in [0.717, 1.165) is 11.0 Å². The van der Waals surface area contributed by atoms with E-state index in [2.05, 4.69) is 10.6 Å². The van der Waals surface area contributed by atoms with Crippen LogP contribution in [0.15, 0.2) is 59.0 Å². The average molecular weight is 357 g/mol. The second-order valence-electron chi connectivity index (χ2n) is 5.67. The summed E-state index contributed by atoms with van der Waals surface area (Å²) in [5.74, 6) is 0.00749. The van der Waals surface area contributed by atoms with Crippen molar-refractivity contribution in [2.24, 2.45) is 0 Å². The van der Waals surface area contributed by atoms with E-state index < -0.39 is 0 Å². The van der Waals surface area contributed by atoms with Crippen LogP contribution < -0.4 is 10.6 Å². The van der Waals surface area contributed by atoms with E-state index in [-0.39, 0.29) is 24.4 Å². The number of hydrogen-bond acceptors (Lipinski definition) is 3. The number of rotatable bonds is 5. The van der Waals surface area contributed by atoms with Crippen LogP contribution in [0.25, 0.3) is 11.0 Å². The van der Waals surface area contributed by atoms with Gasteiger partial charge in [-0.15, -0.1) is 0 Å². The third-order valence-electron chi connectivity index (χ3n) is 3.75. The van der Waals surface area contributed by atoms with Gasteiger partial charge in [0.1, 0.15) is 11.3 Å². The van der Waals surface area contributed by atoms with Crippen LogP contribution in [0.1, 0.15) is 29.1 Å². The van der Waals surface area contributed by atoms with Gasteiger partial charge in [-0.1, -0.05) is 35.9 Å². The minimum Gasteiger partial charge on any atom is -0.459 e. The number of furan rings is 1. The van der Waals surface area contributed by atoms with Crippen molar-refractivity contribution in [1.82, 2.24) is 10.6 Å². The van der Waals surface area contributed by atoms with Crippen molar-refractivity contribution >= 4 is 34.4 Å². The Kier molecular flexibility index (Phi) is 5.05. The predicted octanol–water partition coefficient (Wildman–Crippen LogP) is 3.69. The molecule has 0 fully saturated rings. The molecule has 1 aromatic heterocycles. The van der Waals surface area contributed by atoms with Crippen LogP contribution in [0.4, 0.5) is 0 Å². The molecule has 6 heteroatoms. The summed E-state index contributed by atoms with van der Waals surface area (Å²) in [4.78, 5) is 24.1. The van der Waals surface area contributed by atoms with Gasteiger partial charge in [-0.3, -0.25) is 9.59 Å². The molecule has 1 atom stereocenters. The van der Waals surface area contributed by atoms with Crippen LogP contribution in [0.5, 0.6) is 0 Å². The molecule has 25 heavy (non-hydrogen) atoms. The number of amides is 2. The molecule has 2 N–H and O–H groups in total. The molecule has 1 heterocycles. The summed E-state index contributed by atoms with van der Waals surface area (Å²) in [6, 6.07) is 15.8. The second kappa shape index (κ2) is 7.40.